The van der Waals surface area contributed by atoms with Crippen molar-refractivity contribution in [1.29, 1.82) is 0 Å². The largest absolute Gasteiger partial charge is 0.353 e. The molecule has 1 amide bonds. The number of aromatic nitrogens is 4. The molecule has 2 aromatic heterocycles. The van der Waals surface area contributed by atoms with Crippen LogP contribution < -0.4 is 10.6 Å². The fourth-order valence-corrected chi connectivity index (χ4v) is 5.16. The first-order valence-corrected chi connectivity index (χ1v) is 13.7. The van der Waals surface area contributed by atoms with Crippen LogP contribution in [0.4, 0.5) is 41.1 Å². The molecule has 8 nitrogen and oxygen atoms in total. The minimum Gasteiger partial charge on any atom is -0.353 e. The summed E-state index contributed by atoms with van der Waals surface area (Å²) < 4.78 is 114. The number of halogens is 9. The highest BCUT2D eigenvalue weighted by atomic mass is 79.9. The molecule has 0 bridgehead atoms. The molecule has 1 aromatic carbocycles. The minimum absolute atomic E-state index is 0.0815. The van der Waals surface area contributed by atoms with Crippen molar-refractivity contribution < 1.29 is 39.9 Å². The van der Waals surface area contributed by atoms with Gasteiger partial charge in [0, 0.05) is 38.2 Å². The van der Waals surface area contributed by atoms with Crippen LogP contribution in [0.2, 0.25) is 0 Å². The summed E-state index contributed by atoms with van der Waals surface area (Å²) in [4.78, 5) is 23.6. The zero-order valence-electron chi connectivity index (χ0n) is 22.8. The van der Waals surface area contributed by atoms with E-state index in [9.17, 15) is 39.9 Å². The number of hydrogen-bond acceptors (Lipinski definition) is 6. The first-order valence-electron chi connectivity index (χ1n) is 12.9. The Morgan fingerprint density at radius 2 is 1.72 bits per heavy atom. The summed E-state index contributed by atoms with van der Waals surface area (Å²) in [5.41, 5.74) is -4.39. The lowest BCUT2D eigenvalue weighted by Crippen LogP contribution is -2.37. The molecule has 43 heavy (non-hydrogen) atoms. The summed E-state index contributed by atoms with van der Waals surface area (Å²) in [6.45, 7) is -0.0999. The molecule has 1 aliphatic carbocycles. The molecule has 0 saturated heterocycles. The maximum absolute atomic E-state index is 14.8. The molecule has 0 aliphatic heterocycles. The van der Waals surface area contributed by atoms with Gasteiger partial charge in [-0.1, -0.05) is 0 Å². The quantitative estimate of drug-likeness (QED) is 0.252. The molecule has 1 atom stereocenters. The molecular formula is C26H26BrF8N7O. The number of likely N-dealkylation sites (N-methyl/N-ethyl adjacent to an activating group) is 1. The van der Waals surface area contributed by atoms with Crippen LogP contribution in [0.5, 0.6) is 0 Å². The summed E-state index contributed by atoms with van der Waals surface area (Å²) in [6.07, 6.45) is -5.23. The van der Waals surface area contributed by atoms with Crippen LogP contribution in [0, 0.1) is 11.6 Å². The van der Waals surface area contributed by atoms with E-state index < -0.39 is 78.2 Å². The van der Waals surface area contributed by atoms with Crippen LogP contribution in [-0.2, 0) is 29.6 Å². The van der Waals surface area contributed by atoms with E-state index in [1.165, 1.54) is 6.20 Å². The number of hydrogen-bond donors (Lipinski definition) is 2. The molecule has 2 heterocycles. The number of alkyl halides is 6. The van der Waals surface area contributed by atoms with Crippen molar-refractivity contribution in [2.24, 2.45) is 0 Å². The number of rotatable bonds is 11. The van der Waals surface area contributed by atoms with E-state index in [0.29, 0.717) is 19.2 Å². The van der Waals surface area contributed by atoms with Gasteiger partial charge in [0.05, 0.1) is 21.8 Å². The Kier molecular flexibility index (Phi) is 9.63. The molecule has 3 aromatic rings. The lowest BCUT2D eigenvalue weighted by molar-refractivity contribution is -0.123. The van der Waals surface area contributed by atoms with Crippen molar-refractivity contribution in [3.63, 3.8) is 0 Å². The zero-order chi connectivity index (χ0) is 31.7. The second-order valence-corrected chi connectivity index (χ2v) is 11.1. The van der Waals surface area contributed by atoms with Crippen LogP contribution in [0.1, 0.15) is 53.5 Å². The fraction of sp³-hybridized carbons (Fsp3) is 0.462. The third kappa shape index (κ3) is 7.60. The van der Waals surface area contributed by atoms with E-state index in [4.69, 9.17) is 0 Å². The number of nitrogens with one attached hydrogen (secondary N) is 2. The highest BCUT2D eigenvalue weighted by Gasteiger charge is 2.55. The summed E-state index contributed by atoms with van der Waals surface area (Å²) in [7, 11) is 3.69. The molecule has 4 rings (SSSR count). The number of carbonyl (C=O) groups is 1. The number of fused-ring (bicyclic) bond motifs is 1. The lowest BCUT2D eigenvalue weighted by atomic mass is 9.89. The van der Waals surface area contributed by atoms with Crippen molar-refractivity contribution >= 4 is 27.8 Å². The van der Waals surface area contributed by atoms with E-state index in [1.54, 1.807) is 0 Å². The highest BCUT2D eigenvalue weighted by Crippen LogP contribution is 2.52. The molecule has 0 spiro atoms. The van der Waals surface area contributed by atoms with Gasteiger partial charge in [-0.2, -0.15) is 13.9 Å². The first-order chi connectivity index (χ1) is 20.1. The van der Waals surface area contributed by atoms with Crippen molar-refractivity contribution in [3.05, 3.63) is 68.7 Å². The number of nitrogens with zero attached hydrogens (tertiary/aromatic N) is 5. The molecule has 0 radical (unpaired) electrons. The highest BCUT2D eigenvalue weighted by molar-refractivity contribution is 9.10. The molecule has 0 saturated carbocycles. The minimum atomic E-state index is -4.01. The van der Waals surface area contributed by atoms with Crippen LogP contribution in [-0.4, -0.2) is 57.7 Å². The van der Waals surface area contributed by atoms with Gasteiger partial charge in [-0.15, -0.1) is 0 Å². The maximum Gasteiger partial charge on any atom is 0.290 e. The van der Waals surface area contributed by atoms with Gasteiger partial charge >= 0.3 is 0 Å². The standard InChI is InChI=1S/C26H26BrF8N7O/c1-41(2)6-5-36-24-37-11-16(27)20(39-24)17(9-13-7-14(28)10-15(29)8-13)38-18(43)12-42-22-19(21(40-42)23(30)31)25(32,33)3-4-26(22,34)35/h7-8,10-11,17,23H,3-6,9,12H2,1-2H3,(H,38,43)(H,36,37,39). The van der Waals surface area contributed by atoms with Gasteiger partial charge in [0.2, 0.25) is 11.9 Å². The van der Waals surface area contributed by atoms with E-state index in [0.717, 1.165) is 12.1 Å². The van der Waals surface area contributed by atoms with Gasteiger partial charge in [0.1, 0.15) is 29.6 Å². The van der Waals surface area contributed by atoms with Gasteiger partial charge in [-0.05, 0) is 54.1 Å². The summed E-state index contributed by atoms with van der Waals surface area (Å²) in [5, 5.41) is 8.75. The third-order valence-electron chi connectivity index (χ3n) is 6.59. The van der Waals surface area contributed by atoms with E-state index in [-0.39, 0.29) is 32.8 Å². The van der Waals surface area contributed by atoms with Crippen molar-refractivity contribution in [1.82, 2.24) is 30.0 Å². The second kappa shape index (κ2) is 12.7. The van der Waals surface area contributed by atoms with E-state index in [1.807, 2.05) is 19.0 Å². The van der Waals surface area contributed by atoms with Crippen LogP contribution in [0.3, 0.4) is 0 Å². The molecule has 2 N–H and O–H groups in total. The Morgan fingerprint density at radius 1 is 1.07 bits per heavy atom. The maximum atomic E-state index is 14.8. The summed E-state index contributed by atoms with van der Waals surface area (Å²) >= 11 is 3.27. The smallest absolute Gasteiger partial charge is 0.290 e. The number of anilines is 1. The Morgan fingerprint density at radius 3 is 2.35 bits per heavy atom. The monoisotopic (exact) mass is 683 g/mol. The van der Waals surface area contributed by atoms with Gasteiger partial charge in [0.15, 0.2) is 0 Å². The van der Waals surface area contributed by atoms with Gasteiger partial charge in [-0.3, -0.25) is 9.48 Å². The Bertz CT molecular complexity index is 1460. The van der Waals surface area contributed by atoms with Crippen molar-refractivity contribution in [2.45, 2.75) is 50.1 Å². The average Bonchev–Trinajstić information content (AvgIpc) is 3.29. The Hall–Kier alpha value is -3.34. The lowest BCUT2D eigenvalue weighted by Gasteiger charge is -2.29. The molecular weight excluding hydrogens is 658 g/mol. The average molecular weight is 684 g/mol. The first kappa shape index (κ1) is 32.6. The predicted molar refractivity (Wildman–Crippen MR) is 142 cm³/mol. The molecule has 234 valence electrons. The van der Waals surface area contributed by atoms with E-state index >= 15 is 0 Å². The van der Waals surface area contributed by atoms with Crippen LogP contribution >= 0.6 is 15.9 Å². The molecule has 17 heteroatoms. The summed E-state index contributed by atoms with van der Waals surface area (Å²) in [6, 6.07) is 1.48. The topological polar surface area (TPSA) is 88.0 Å². The third-order valence-corrected chi connectivity index (χ3v) is 7.20. The molecule has 1 aliphatic rings. The van der Waals surface area contributed by atoms with Gasteiger partial charge in [0.25, 0.3) is 18.3 Å². The normalized spacial score (nSPS) is 16.3. The SMILES string of the molecule is CN(C)CCNc1ncc(Br)c(C(Cc2cc(F)cc(F)c2)NC(=O)Cn2nc(C(F)F)c3c2C(F)(F)CCC3(F)F)n1. The fourth-order valence-electron chi connectivity index (χ4n) is 4.69. The number of amides is 1. The van der Waals surface area contributed by atoms with E-state index in [2.05, 4.69) is 41.6 Å². The molecule has 1 unspecified atom stereocenters. The van der Waals surface area contributed by atoms with Crippen molar-refractivity contribution in [2.75, 3.05) is 32.5 Å². The summed E-state index contributed by atoms with van der Waals surface area (Å²) in [5.74, 6) is -10.7. The predicted octanol–water partition coefficient (Wildman–Crippen LogP) is 5.70. The number of benzene rings is 1. The molecule has 0 fully saturated rings. The van der Waals surface area contributed by atoms with Crippen LogP contribution in [0.15, 0.2) is 28.9 Å². The van der Waals surface area contributed by atoms with Crippen LogP contribution in [0.25, 0.3) is 0 Å². The number of carbonyl (C=O) groups excluding carboxylic acids is 1. The van der Waals surface area contributed by atoms with Gasteiger partial charge in [-0.25, -0.2) is 36.3 Å². The zero-order valence-corrected chi connectivity index (χ0v) is 24.3. The Labute approximate surface area is 249 Å². The second-order valence-electron chi connectivity index (χ2n) is 10.2. The van der Waals surface area contributed by atoms with Gasteiger partial charge < -0.3 is 15.5 Å². The van der Waals surface area contributed by atoms with Crippen molar-refractivity contribution in [3.8, 4) is 0 Å². The Balaban J connectivity index is 1.69.